The smallest absolute Gasteiger partial charge is 0.126 e. The van der Waals surface area contributed by atoms with Crippen LogP contribution in [0.1, 0.15) is 58.7 Å². The van der Waals surface area contributed by atoms with Gasteiger partial charge in [-0.2, -0.15) is 0 Å². The molecule has 1 atom stereocenters. The Morgan fingerprint density at radius 1 is 1.19 bits per heavy atom. The zero-order valence-corrected chi connectivity index (χ0v) is 14.6. The normalized spacial score (nSPS) is 13.5. The molecule has 0 amide bonds. The summed E-state index contributed by atoms with van der Waals surface area (Å²) in [6, 6.07) is 4.31. The topological polar surface area (TPSA) is 46.2 Å². The van der Waals surface area contributed by atoms with Crippen LogP contribution in [0.2, 0.25) is 0 Å². The lowest BCUT2D eigenvalue weighted by atomic mass is 10.1. The average molecular weight is 293 g/mol. The molecule has 4 nitrogen and oxygen atoms in total. The Balaban J connectivity index is 2.84. The van der Waals surface area contributed by atoms with Crippen molar-refractivity contribution in [3.05, 3.63) is 23.4 Å². The summed E-state index contributed by atoms with van der Waals surface area (Å²) in [4.78, 5) is 4.69. The van der Waals surface area contributed by atoms with E-state index < -0.39 is 0 Å². The molecule has 1 rings (SSSR count). The van der Waals surface area contributed by atoms with Crippen LogP contribution in [0.5, 0.6) is 0 Å². The summed E-state index contributed by atoms with van der Waals surface area (Å²) in [7, 11) is 1.73. The number of aromatic nitrogens is 1. The second kappa shape index (κ2) is 7.76. The molecule has 4 heteroatoms. The highest BCUT2D eigenvalue weighted by atomic mass is 16.5. The summed E-state index contributed by atoms with van der Waals surface area (Å²) in [5.74, 6) is 1.34. The molecule has 0 saturated carbocycles. The zero-order chi connectivity index (χ0) is 16.0. The Bertz CT molecular complexity index is 438. The van der Waals surface area contributed by atoms with Gasteiger partial charge in [0, 0.05) is 31.4 Å². The van der Waals surface area contributed by atoms with Crippen molar-refractivity contribution in [1.82, 2.24) is 10.3 Å². The van der Waals surface area contributed by atoms with Gasteiger partial charge in [0.1, 0.15) is 5.82 Å². The monoisotopic (exact) mass is 293 g/mol. The van der Waals surface area contributed by atoms with Gasteiger partial charge in [0.25, 0.3) is 0 Å². The maximum absolute atomic E-state index is 5.27. The molecule has 1 aromatic heterocycles. The lowest BCUT2D eigenvalue weighted by Gasteiger charge is -2.21. The average Bonchev–Trinajstić information content (AvgIpc) is 2.41. The summed E-state index contributed by atoms with van der Waals surface area (Å²) >= 11 is 0. The first-order chi connectivity index (χ1) is 9.71. The van der Waals surface area contributed by atoms with Gasteiger partial charge in [-0.05, 0) is 51.3 Å². The quantitative estimate of drug-likeness (QED) is 0.807. The molecule has 0 aliphatic rings. The van der Waals surface area contributed by atoms with E-state index in [1.165, 1.54) is 5.56 Å². The van der Waals surface area contributed by atoms with E-state index >= 15 is 0 Å². The van der Waals surface area contributed by atoms with Gasteiger partial charge in [0.2, 0.25) is 0 Å². The predicted molar refractivity (Wildman–Crippen MR) is 89.9 cm³/mol. The molecule has 0 aliphatic heterocycles. The molecule has 0 fully saturated rings. The summed E-state index contributed by atoms with van der Waals surface area (Å²) in [5, 5.41) is 6.89. The third-order valence-corrected chi connectivity index (χ3v) is 3.29. The largest absolute Gasteiger partial charge is 0.380 e. The third-order valence-electron chi connectivity index (χ3n) is 3.29. The number of methoxy groups -OCH3 is 1. The van der Waals surface area contributed by atoms with Gasteiger partial charge in [-0.3, -0.25) is 0 Å². The molecule has 0 bridgehead atoms. The minimum Gasteiger partial charge on any atom is -0.380 e. The van der Waals surface area contributed by atoms with Crippen LogP contribution in [-0.2, 0) is 11.3 Å². The van der Waals surface area contributed by atoms with Gasteiger partial charge in [-0.25, -0.2) is 4.98 Å². The summed E-state index contributed by atoms with van der Waals surface area (Å²) < 4.78 is 5.27. The van der Waals surface area contributed by atoms with E-state index in [-0.39, 0.29) is 11.6 Å². The maximum atomic E-state index is 5.27. The summed E-state index contributed by atoms with van der Waals surface area (Å²) in [6.07, 6.45) is 0.172. The van der Waals surface area contributed by atoms with E-state index in [1.807, 2.05) is 6.92 Å². The number of ether oxygens (including phenoxy) is 1. The van der Waals surface area contributed by atoms with E-state index in [0.29, 0.717) is 5.92 Å². The summed E-state index contributed by atoms with van der Waals surface area (Å²) in [5.41, 5.74) is 2.49. The van der Waals surface area contributed by atoms with Crippen LogP contribution < -0.4 is 10.6 Å². The van der Waals surface area contributed by atoms with Gasteiger partial charge in [-0.1, -0.05) is 13.8 Å². The molecule has 1 heterocycles. The fraction of sp³-hybridized carbons (Fsp3) is 0.706. The molecular formula is C17H31N3O. The van der Waals surface area contributed by atoms with Crippen molar-refractivity contribution in [2.45, 2.75) is 65.6 Å². The Morgan fingerprint density at radius 3 is 2.38 bits per heavy atom. The van der Waals surface area contributed by atoms with Crippen molar-refractivity contribution in [1.29, 1.82) is 0 Å². The first-order valence-electron chi connectivity index (χ1n) is 7.74. The van der Waals surface area contributed by atoms with Gasteiger partial charge in [0.15, 0.2) is 0 Å². The Morgan fingerprint density at radius 2 is 1.86 bits per heavy atom. The molecule has 0 aliphatic carbocycles. The van der Waals surface area contributed by atoms with Gasteiger partial charge < -0.3 is 15.4 Å². The number of hydrogen-bond acceptors (Lipinski definition) is 4. The molecule has 2 N–H and O–H groups in total. The highest BCUT2D eigenvalue weighted by Crippen LogP contribution is 2.18. The second-order valence-corrected chi connectivity index (χ2v) is 6.97. The fourth-order valence-electron chi connectivity index (χ4n) is 1.80. The molecule has 0 radical (unpaired) electrons. The van der Waals surface area contributed by atoms with Crippen molar-refractivity contribution in [3.63, 3.8) is 0 Å². The molecule has 1 aromatic rings. The standard InChI is InChI=1S/C17H31N3O/c1-12(2)15-8-14(11-19-17(4,5)6)9-16(20-15)18-10-13(3)21-7/h8-9,12-13,19H,10-11H2,1-7H3,(H,18,20). The Kier molecular flexibility index (Phi) is 6.62. The van der Waals surface area contributed by atoms with E-state index in [0.717, 1.165) is 24.6 Å². The number of hydrogen-bond donors (Lipinski definition) is 2. The van der Waals surface area contributed by atoms with E-state index in [2.05, 4.69) is 62.4 Å². The number of nitrogens with zero attached hydrogens (tertiary/aromatic N) is 1. The number of nitrogens with one attached hydrogen (secondary N) is 2. The SMILES string of the molecule is COC(C)CNc1cc(CNC(C)(C)C)cc(C(C)C)n1. The van der Waals surface area contributed by atoms with Crippen molar-refractivity contribution >= 4 is 5.82 Å². The molecule has 21 heavy (non-hydrogen) atoms. The van der Waals surface area contributed by atoms with E-state index in [4.69, 9.17) is 4.74 Å². The van der Waals surface area contributed by atoms with Crippen molar-refractivity contribution in [2.75, 3.05) is 19.0 Å². The predicted octanol–water partition coefficient (Wildman–Crippen LogP) is 3.54. The van der Waals surface area contributed by atoms with Crippen molar-refractivity contribution < 1.29 is 4.74 Å². The molecular weight excluding hydrogens is 262 g/mol. The maximum Gasteiger partial charge on any atom is 0.126 e. The van der Waals surface area contributed by atoms with Crippen LogP contribution >= 0.6 is 0 Å². The molecule has 0 saturated heterocycles. The molecule has 1 unspecified atom stereocenters. The van der Waals surface area contributed by atoms with Gasteiger partial charge in [-0.15, -0.1) is 0 Å². The zero-order valence-electron chi connectivity index (χ0n) is 14.6. The highest BCUT2D eigenvalue weighted by Gasteiger charge is 2.11. The number of pyridine rings is 1. The minimum absolute atomic E-state index is 0.111. The number of anilines is 1. The minimum atomic E-state index is 0.111. The second-order valence-electron chi connectivity index (χ2n) is 6.97. The Hall–Kier alpha value is -1.13. The lowest BCUT2D eigenvalue weighted by molar-refractivity contribution is 0.128. The van der Waals surface area contributed by atoms with Crippen LogP contribution in [0.15, 0.2) is 12.1 Å². The third kappa shape index (κ3) is 6.91. The lowest BCUT2D eigenvalue weighted by Crippen LogP contribution is -2.35. The van der Waals surface area contributed by atoms with Crippen LogP contribution in [0.3, 0.4) is 0 Å². The van der Waals surface area contributed by atoms with Crippen LogP contribution in [0, 0.1) is 0 Å². The molecule has 0 aromatic carbocycles. The Labute approximate surface area is 129 Å². The van der Waals surface area contributed by atoms with Crippen LogP contribution in [0.4, 0.5) is 5.82 Å². The highest BCUT2D eigenvalue weighted by molar-refractivity contribution is 5.40. The van der Waals surface area contributed by atoms with E-state index in [1.54, 1.807) is 7.11 Å². The first-order valence-corrected chi connectivity index (χ1v) is 7.74. The summed E-state index contributed by atoms with van der Waals surface area (Å²) in [6.45, 7) is 14.5. The van der Waals surface area contributed by atoms with Gasteiger partial charge in [0.05, 0.1) is 6.10 Å². The van der Waals surface area contributed by atoms with Crippen molar-refractivity contribution in [2.24, 2.45) is 0 Å². The van der Waals surface area contributed by atoms with Gasteiger partial charge >= 0.3 is 0 Å². The van der Waals surface area contributed by atoms with E-state index in [9.17, 15) is 0 Å². The number of rotatable bonds is 7. The molecule has 120 valence electrons. The van der Waals surface area contributed by atoms with Crippen molar-refractivity contribution in [3.8, 4) is 0 Å². The van der Waals surface area contributed by atoms with Crippen LogP contribution in [-0.4, -0.2) is 30.3 Å². The fourth-order valence-corrected chi connectivity index (χ4v) is 1.80. The first kappa shape index (κ1) is 17.9. The molecule has 0 spiro atoms. The van der Waals surface area contributed by atoms with Crippen LogP contribution in [0.25, 0.3) is 0 Å².